The predicted molar refractivity (Wildman–Crippen MR) is 75.8 cm³/mol. The van der Waals surface area contributed by atoms with Gasteiger partial charge in [-0.05, 0) is 25.0 Å². The molecule has 1 aromatic carbocycles. The van der Waals surface area contributed by atoms with Crippen molar-refractivity contribution < 1.29 is 9.59 Å². The van der Waals surface area contributed by atoms with Gasteiger partial charge in [0.25, 0.3) is 5.91 Å². The lowest BCUT2D eigenvalue weighted by Gasteiger charge is -2.31. The first-order chi connectivity index (χ1) is 9.00. The van der Waals surface area contributed by atoms with Crippen molar-refractivity contribution in [3.8, 4) is 0 Å². The van der Waals surface area contributed by atoms with Crippen LogP contribution >= 0.6 is 23.2 Å². The molecule has 1 aliphatic carbocycles. The van der Waals surface area contributed by atoms with Crippen LogP contribution in [0.5, 0.6) is 0 Å². The Hall–Kier alpha value is -1.06. The van der Waals surface area contributed by atoms with E-state index in [2.05, 4.69) is 0 Å². The van der Waals surface area contributed by atoms with E-state index >= 15 is 0 Å². The summed E-state index contributed by atoms with van der Waals surface area (Å²) < 4.78 is 0. The van der Waals surface area contributed by atoms with E-state index in [1.54, 1.807) is 30.1 Å². The molecule has 1 saturated carbocycles. The van der Waals surface area contributed by atoms with Gasteiger partial charge >= 0.3 is 0 Å². The quantitative estimate of drug-likeness (QED) is 0.837. The highest BCUT2D eigenvalue weighted by atomic mass is 35.5. The number of benzene rings is 1. The summed E-state index contributed by atoms with van der Waals surface area (Å²) in [6, 6.07) is 5.13. The molecule has 1 aromatic rings. The zero-order chi connectivity index (χ0) is 14.0. The largest absolute Gasteiger partial charge is 0.339 e. The van der Waals surface area contributed by atoms with Gasteiger partial charge < -0.3 is 4.90 Å². The van der Waals surface area contributed by atoms with Crippen LogP contribution in [0.3, 0.4) is 0 Å². The second-order valence-electron chi connectivity index (χ2n) is 4.79. The van der Waals surface area contributed by atoms with Crippen molar-refractivity contribution in [1.82, 2.24) is 4.90 Å². The predicted octanol–water partition coefficient (Wildman–Crippen LogP) is 3.58. The number of ketones is 1. The van der Waals surface area contributed by atoms with Gasteiger partial charge in [0.1, 0.15) is 5.78 Å². The lowest BCUT2D eigenvalue weighted by molar-refractivity contribution is -0.121. The standard InChI is InChI=1S/C14H15Cl2NO2/c1-17(9-5-7-10(18)8-6-9)14(19)11-3-2-4-12(15)13(11)16/h2-4,9H,5-8H2,1H3. The minimum Gasteiger partial charge on any atom is -0.339 e. The van der Waals surface area contributed by atoms with E-state index in [4.69, 9.17) is 23.2 Å². The molecule has 3 nitrogen and oxygen atoms in total. The zero-order valence-electron chi connectivity index (χ0n) is 10.7. The number of nitrogens with zero attached hydrogens (tertiary/aromatic N) is 1. The Balaban J connectivity index is 2.15. The summed E-state index contributed by atoms with van der Waals surface area (Å²) in [7, 11) is 1.75. The van der Waals surface area contributed by atoms with Gasteiger partial charge in [0.2, 0.25) is 0 Å². The molecule has 0 N–H and O–H groups in total. The van der Waals surface area contributed by atoms with Crippen LogP contribution in [-0.4, -0.2) is 29.7 Å². The molecule has 0 aliphatic heterocycles. The lowest BCUT2D eigenvalue weighted by atomic mass is 9.93. The van der Waals surface area contributed by atoms with E-state index in [0.29, 0.717) is 23.4 Å². The van der Waals surface area contributed by atoms with Gasteiger partial charge in [0, 0.05) is 25.9 Å². The molecule has 1 fully saturated rings. The average molecular weight is 300 g/mol. The first kappa shape index (κ1) is 14.4. The Labute approximate surface area is 122 Å². The summed E-state index contributed by atoms with van der Waals surface area (Å²) in [6.07, 6.45) is 2.54. The topological polar surface area (TPSA) is 37.4 Å². The summed E-state index contributed by atoms with van der Waals surface area (Å²) in [5.41, 5.74) is 0.411. The highest BCUT2D eigenvalue weighted by molar-refractivity contribution is 6.43. The van der Waals surface area contributed by atoms with Gasteiger partial charge in [-0.1, -0.05) is 29.3 Å². The first-order valence-corrected chi connectivity index (χ1v) is 6.99. The van der Waals surface area contributed by atoms with Gasteiger partial charge in [0.05, 0.1) is 15.6 Å². The van der Waals surface area contributed by atoms with Crippen molar-refractivity contribution in [2.45, 2.75) is 31.7 Å². The number of amides is 1. The molecular formula is C14H15Cl2NO2. The second-order valence-corrected chi connectivity index (χ2v) is 5.57. The Morgan fingerprint density at radius 1 is 1.26 bits per heavy atom. The molecule has 102 valence electrons. The second kappa shape index (κ2) is 5.93. The summed E-state index contributed by atoms with van der Waals surface area (Å²) in [4.78, 5) is 25.3. The molecule has 0 bridgehead atoms. The first-order valence-electron chi connectivity index (χ1n) is 6.23. The third kappa shape index (κ3) is 3.10. The van der Waals surface area contributed by atoms with E-state index in [1.807, 2.05) is 0 Å². The van der Waals surface area contributed by atoms with Crippen molar-refractivity contribution in [2.24, 2.45) is 0 Å². The van der Waals surface area contributed by atoms with Crippen molar-refractivity contribution >= 4 is 34.9 Å². The van der Waals surface area contributed by atoms with Gasteiger partial charge in [-0.15, -0.1) is 0 Å². The minimum absolute atomic E-state index is 0.0975. The number of halogens is 2. The molecule has 0 saturated heterocycles. The van der Waals surface area contributed by atoms with Crippen molar-refractivity contribution in [3.05, 3.63) is 33.8 Å². The summed E-state index contributed by atoms with van der Waals surface area (Å²) >= 11 is 12.0. The van der Waals surface area contributed by atoms with Gasteiger partial charge in [-0.25, -0.2) is 0 Å². The summed E-state index contributed by atoms with van der Waals surface area (Å²) in [6.45, 7) is 0. The third-order valence-corrected chi connectivity index (χ3v) is 4.38. The van der Waals surface area contributed by atoms with Gasteiger partial charge in [-0.2, -0.15) is 0 Å². The third-order valence-electron chi connectivity index (χ3n) is 3.56. The maximum atomic E-state index is 12.4. The molecule has 19 heavy (non-hydrogen) atoms. The van der Waals surface area contributed by atoms with Crippen LogP contribution in [0.4, 0.5) is 0 Å². The number of Topliss-reactive ketones (excluding diaryl/α,β-unsaturated/α-hetero) is 1. The fourth-order valence-electron chi connectivity index (χ4n) is 2.34. The fourth-order valence-corrected chi connectivity index (χ4v) is 2.72. The highest BCUT2D eigenvalue weighted by Crippen LogP contribution is 2.28. The smallest absolute Gasteiger partial charge is 0.255 e. The van der Waals surface area contributed by atoms with Gasteiger partial charge in [-0.3, -0.25) is 9.59 Å². The lowest BCUT2D eigenvalue weighted by Crippen LogP contribution is -2.39. The average Bonchev–Trinajstić information content (AvgIpc) is 2.41. The molecule has 5 heteroatoms. The molecule has 2 rings (SSSR count). The molecule has 0 atom stereocenters. The van der Waals surface area contributed by atoms with Crippen molar-refractivity contribution in [3.63, 3.8) is 0 Å². The van der Waals surface area contributed by atoms with Crippen LogP contribution in [0.25, 0.3) is 0 Å². The maximum Gasteiger partial charge on any atom is 0.255 e. The number of hydrogen-bond acceptors (Lipinski definition) is 2. The minimum atomic E-state index is -0.146. The number of rotatable bonds is 2. The summed E-state index contributed by atoms with van der Waals surface area (Å²) in [5, 5.41) is 0.660. The van der Waals surface area contributed by atoms with E-state index in [0.717, 1.165) is 12.8 Å². The monoisotopic (exact) mass is 299 g/mol. The van der Waals surface area contributed by atoms with Gasteiger partial charge in [0.15, 0.2) is 0 Å². The van der Waals surface area contributed by atoms with Crippen LogP contribution < -0.4 is 0 Å². The van der Waals surface area contributed by atoms with E-state index in [-0.39, 0.29) is 22.8 Å². The maximum absolute atomic E-state index is 12.4. The molecule has 0 aromatic heterocycles. The normalized spacial score (nSPS) is 16.5. The van der Waals surface area contributed by atoms with E-state index in [9.17, 15) is 9.59 Å². The summed E-state index contributed by atoms with van der Waals surface area (Å²) in [5.74, 6) is 0.129. The number of carbonyl (C=O) groups is 2. The molecule has 0 radical (unpaired) electrons. The van der Waals surface area contributed by atoms with Crippen LogP contribution in [0.1, 0.15) is 36.0 Å². The molecule has 0 heterocycles. The van der Waals surface area contributed by atoms with Crippen LogP contribution in [0, 0.1) is 0 Å². The molecular weight excluding hydrogens is 285 g/mol. The SMILES string of the molecule is CN(C(=O)c1cccc(Cl)c1Cl)C1CCC(=O)CC1. The Morgan fingerprint density at radius 3 is 2.53 bits per heavy atom. The Kier molecular flexibility index (Phi) is 4.48. The Morgan fingerprint density at radius 2 is 1.89 bits per heavy atom. The van der Waals surface area contributed by atoms with Crippen molar-refractivity contribution in [2.75, 3.05) is 7.05 Å². The van der Waals surface area contributed by atoms with Crippen LogP contribution in [0.15, 0.2) is 18.2 Å². The molecule has 1 aliphatic rings. The fraction of sp³-hybridized carbons (Fsp3) is 0.429. The van der Waals surface area contributed by atoms with E-state index < -0.39 is 0 Å². The molecule has 0 spiro atoms. The van der Waals surface area contributed by atoms with Crippen LogP contribution in [0.2, 0.25) is 10.0 Å². The van der Waals surface area contributed by atoms with Crippen molar-refractivity contribution in [1.29, 1.82) is 0 Å². The molecule has 0 unspecified atom stereocenters. The molecule has 1 amide bonds. The van der Waals surface area contributed by atoms with Crippen LogP contribution in [-0.2, 0) is 4.79 Å². The number of carbonyl (C=O) groups excluding carboxylic acids is 2. The number of hydrogen-bond donors (Lipinski definition) is 0. The highest BCUT2D eigenvalue weighted by Gasteiger charge is 2.27. The Bertz CT molecular complexity index is 506. The zero-order valence-corrected chi connectivity index (χ0v) is 12.2. The van der Waals surface area contributed by atoms with E-state index in [1.165, 1.54) is 0 Å².